The second kappa shape index (κ2) is 6.04. The lowest BCUT2D eigenvalue weighted by molar-refractivity contribution is -0.385. The monoisotopic (exact) mass is 292 g/mol. The number of carbonyl (C=O) groups excluding carboxylic acids is 1. The van der Waals surface area contributed by atoms with Gasteiger partial charge in [-0.1, -0.05) is 12.1 Å². The molecule has 0 aliphatic rings. The highest BCUT2D eigenvalue weighted by atomic mass is 16.6. The normalized spacial score (nSPS) is 10.2. The molecule has 2 aromatic rings. The molecule has 8 nitrogen and oxygen atoms in total. The quantitative estimate of drug-likeness (QED) is 0.474. The molecule has 0 saturated carbocycles. The van der Waals surface area contributed by atoms with Gasteiger partial charge in [-0.05, 0) is 19.4 Å². The molecule has 8 heteroatoms. The summed E-state index contributed by atoms with van der Waals surface area (Å²) in [6, 6.07) is 4.50. The van der Waals surface area contributed by atoms with E-state index in [2.05, 4.69) is 4.98 Å². The van der Waals surface area contributed by atoms with Crippen molar-refractivity contribution in [1.29, 1.82) is 0 Å². The Labute approximate surface area is 119 Å². The fraction of sp³-hybridized carbons (Fsp3) is 0.231. The Balaban J connectivity index is 2.27. The first-order valence-electron chi connectivity index (χ1n) is 6.07. The summed E-state index contributed by atoms with van der Waals surface area (Å²) in [4.78, 5) is 25.6. The summed E-state index contributed by atoms with van der Waals surface area (Å²) in [5.41, 5.74) is 0.258. The van der Waals surface area contributed by atoms with Gasteiger partial charge in [0.25, 0.3) is 0 Å². The molecule has 0 fully saturated rings. The van der Waals surface area contributed by atoms with Crippen LogP contribution in [0.3, 0.4) is 0 Å². The zero-order chi connectivity index (χ0) is 15.4. The molecule has 1 aromatic carbocycles. The number of nitrogens with zero attached hydrogens (tertiary/aromatic N) is 2. The van der Waals surface area contributed by atoms with Crippen LogP contribution in [0.2, 0.25) is 0 Å². The summed E-state index contributed by atoms with van der Waals surface area (Å²) >= 11 is 0. The van der Waals surface area contributed by atoms with Crippen LogP contribution in [0.4, 0.5) is 5.69 Å². The minimum Gasteiger partial charge on any atom is -0.461 e. The van der Waals surface area contributed by atoms with Gasteiger partial charge >= 0.3 is 17.7 Å². The van der Waals surface area contributed by atoms with Crippen LogP contribution in [0.5, 0.6) is 11.8 Å². The van der Waals surface area contributed by atoms with Crippen LogP contribution in [-0.4, -0.2) is 22.5 Å². The van der Waals surface area contributed by atoms with Crippen molar-refractivity contribution in [1.82, 2.24) is 4.98 Å². The molecule has 0 bridgehead atoms. The molecule has 0 spiro atoms. The second-order valence-electron chi connectivity index (χ2n) is 4.00. The average molecular weight is 292 g/mol. The van der Waals surface area contributed by atoms with Gasteiger partial charge in [-0.3, -0.25) is 10.1 Å². The van der Waals surface area contributed by atoms with Crippen LogP contribution in [0, 0.1) is 17.0 Å². The van der Waals surface area contributed by atoms with Crippen molar-refractivity contribution in [2.24, 2.45) is 0 Å². The van der Waals surface area contributed by atoms with Crippen LogP contribution in [0.25, 0.3) is 0 Å². The largest absolute Gasteiger partial charge is 0.461 e. The third-order valence-corrected chi connectivity index (χ3v) is 2.54. The fourth-order valence-electron chi connectivity index (χ4n) is 1.60. The Morgan fingerprint density at radius 1 is 1.48 bits per heavy atom. The number of aromatic nitrogens is 1. The zero-order valence-corrected chi connectivity index (χ0v) is 11.4. The zero-order valence-electron chi connectivity index (χ0n) is 11.4. The number of benzene rings is 1. The number of nitro groups is 1. The maximum atomic E-state index is 11.4. The highest BCUT2D eigenvalue weighted by molar-refractivity contribution is 5.86. The van der Waals surface area contributed by atoms with Crippen molar-refractivity contribution in [3.8, 4) is 11.8 Å². The van der Waals surface area contributed by atoms with Gasteiger partial charge in [-0.2, -0.15) is 4.98 Å². The van der Waals surface area contributed by atoms with Crippen molar-refractivity contribution >= 4 is 11.7 Å². The van der Waals surface area contributed by atoms with Gasteiger partial charge in [0.2, 0.25) is 5.75 Å². The van der Waals surface area contributed by atoms with E-state index in [1.807, 2.05) is 0 Å². The van der Waals surface area contributed by atoms with E-state index in [9.17, 15) is 14.9 Å². The Hall–Kier alpha value is -2.90. The van der Waals surface area contributed by atoms with Crippen molar-refractivity contribution < 1.29 is 23.6 Å². The number of oxazole rings is 1. The minimum atomic E-state index is -0.657. The van der Waals surface area contributed by atoms with Crippen LogP contribution < -0.4 is 4.74 Å². The number of carbonyl (C=O) groups is 1. The van der Waals surface area contributed by atoms with Crippen molar-refractivity contribution in [2.75, 3.05) is 6.61 Å². The molecule has 0 amide bonds. The van der Waals surface area contributed by atoms with Crippen molar-refractivity contribution in [2.45, 2.75) is 13.8 Å². The molecule has 110 valence electrons. The van der Waals surface area contributed by atoms with Gasteiger partial charge in [0.05, 0.1) is 11.5 Å². The lowest BCUT2D eigenvalue weighted by Gasteiger charge is -2.04. The van der Waals surface area contributed by atoms with Gasteiger partial charge in [0.15, 0.2) is 5.69 Å². The Kier molecular flexibility index (Phi) is 4.17. The second-order valence-corrected chi connectivity index (χ2v) is 4.00. The molecule has 1 heterocycles. The van der Waals surface area contributed by atoms with E-state index in [1.54, 1.807) is 26.0 Å². The molecule has 0 saturated heterocycles. The maximum absolute atomic E-state index is 11.4. The van der Waals surface area contributed by atoms with Crippen LogP contribution in [0.15, 0.2) is 28.9 Å². The Morgan fingerprint density at radius 2 is 2.24 bits per heavy atom. The van der Waals surface area contributed by atoms with Gasteiger partial charge in [0, 0.05) is 6.07 Å². The first-order chi connectivity index (χ1) is 10.0. The van der Waals surface area contributed by atoms with Crippen molar-refractivity contribution in [3.63, 3.8) is 0 Å². The molecular formula is C13H12N2O6. The summed E-state index contributed by atoms with van der Waals surface area (Å²) in [6.07, 6.45) is 0.799. The van der Waals surface area contributed by atoms with Gasteiger partial charge < -0.3 is 13.9 Å². The smallest absolute Gasteiger partial charge is 0.400 e. The molecule has 0 unspecified atom stereocenters. The van der Waals surface area contributed by atoms with E-state index in [1.165, 1.54) is 6.07 Å². The number of hydrogen-bond donors (Lipinski definition) is 0. The molecule has 0 aliphatic carbocycles. The van der Waals surface area contributed by atoms with Crippen LogP contribution >= 0.6 is 0 Å². The number of nitro benzene ring substituents is 1. The predicted molar refractivity (Wildman–Crippen MR) is 70.4 cm³/mol. The molecule has 2 rings (SSSR count). The highest BCUT2D eigenvalue weighted by Gasteiger charge is 2.21. The SMILES string of the molecule is CCOC(=O)c1coc(Oc2c(C)cccc2[N+](=O)[O-])n1. The molecule has 0 radical (unpaired) electrons. The lowest BCUT2D eigenvalue weighted by Crippen LogP contribution is -2.04. The summed E-state index contributed by atoms with van der Waals surface area (Å²) in [6.45, 7) is 3.51. The van der Waals surface area contributed by atoms with Gasteiger partial charge in [-0.25, -0.2) is 4.79 Å². The summed E-state index contributed by atoms with van der Waals surface area (Å²) < 4.78 is 15.0. The first kappa shape index (κ1) is 14.5. The third-order valence-electron chi connectivity index (χ3n) is 2.54. The Morgan fingerprint density at radius 3 is 2.90 bits per heavy atom. The summed E-state index contributed by atoms with van der Waals surface area (Å²) in [7, 11) is 0. The van der Waals surface area contributed by atoms with Gasteiger partial charge in [0.1, 0.15) is 6.26 Å². The first-order valence-corrected chi connectivity index (χ1v) is 6.07. The summed E-state index contributed by atoms with van der Waals surface area (Å²) in [5.74, 6) is -0.643. The average Bonchev–Trinajstić information content (AvgIpc) is 2.90. The predicted octanol–water partition coefficient (Wildman–Crippen LogP) is 2.86. The van der Waals surface area contributed by atoms with E-state index in [4.69, 9.17) is 13.9 Å². The fourth-order valence-corrected chi connectivity index (χ4v) is 1.60. The molecule has 0 aliphatic heterocycles. The van der Waals surface area contributed by atoms with E-state index < -0.39 is 10.9 Å². The third kappa shape index (κ3) is 3.16. The molecule has 0 N–H and O–H groups in total. The standard InChI is InChI=1S/C13H12N2O6/c1-3-19-12(16)9-7-20-13(14-9)21-11-8(2)5-4-6-10(11)15(17)18/h4-7H,3H2,1-2H3. The van der Waals surface area contributed by atoms with E-state index in [0.717, 1.165) is 6.26 Å². The van der Waals surface area contributed by atoms with Crippen LogP contribution in [0.1, 0.15) is 23.0 Å². The number of para-hydroxylation sites is 1. The molecule has 1 aromatic heterocycles. The number of hydrogen-bond acceptors (Lipinski definition) is 7. The molecular weight excluding hydrogens is 280 g/mol. The lowest BCUT2D eigenvalue weighted by atomic mass is 10.2. The van der Waals surface area contributed by atoms with Crippen LogP contribution in [-0.2, 0) is 4.74 Å². The molecule has 21 heavy (non-hydrogen) atoms. The number of ether oxygens (including phenoxy) is 2. The Bertz CT molecular complexity index is 679. The van der Waals surface area contributed by atoms with E-state index >= 15 is 0 Å². The highest BCUT2D eigenvalue weighted by Crippen LogP contribution is 2.33. The number of esters is 1. The van der Waals surface area contributed by atoms with E-state index in [0.29, 0.717) is 5.56 Å². The van der Waals surface area contributed by atoms with E-state index in [-0.39, 0.29) is 29.8 Å². The number of aryl methyl sites for hydroxylation is 1. The summed E-state index contributed by atoms with van der Waals surface area (Å²) in [5, 5.41) is 11.0. The number of rotatable bonds is 5. The minimum absolute atomic E-state index is 0.0137. The van der Waals surface area contributed by atoms with Gasteiger partial charge in [-0.15, -0.1) is 0 Å². The molecule has 0 atom stereocenters. The maximum Gasteiger partial charge on any atom is 0.400 e. The van der Waals surface area contributed by atoms with Crippen molar-refractivity contribution in [3.05, 3.63) is 45.8 Å². The topological polar surface area (TPSA) is 105 Å².